The van der Waals surface area contributed by atoms with Crippen molar-refractivity contribution >= 4 is 5.97 Å². The Labute approximate surface area is 204 Å². The van der Waals surface area contributed by atoms with Crippen molar-refractivity contribution in [1.82, 2.24) is 0 Å². The minimum Gasteiger partial charge on any atom is -0.427 e. The van der Waals surface area contributed by atoms with Crippen LogP contribution in [-0.4, -0.2) is 5.97 Å². The summed E-state index contributed by atoms with van der Waals surface area (Å²) in [7, 11) is 0. The van der Waals surface area contributed by atoms with E-state index in [-0.39, 0.29) is 11.7 Å². The lowest BCUT2D eigenvalue weighted by molar-refractivity contribution is -0.137. The molecule has 2 aliphatic carbocycles. The van der Waals surface area contributed by atoms with Gasteiger partial charge in [-0.3, -0.25) is 4.79 Å². The van der Waals surface area contributed by atoms with E-state index in [1.807, 2.05) is 0 Å². The monoisotopic (exact) mass is 480 g/mol. The molecule has 0 aliphatic heterocycles. The number of ether oxygens (including phenoxy) is 1. The van der Waals surface area contributed by atoms with Gasteiger partial charge in [-0.05, 0) is 80.0 Å². The lowest BCUT2D eigenvalue weighted by Crippen LogP contribution is -2.26. The molecular formula is C29H43F3O2. The van der Waals surface area contributed by atoms with Gasteiger partial charge in [0.25, 0.3) is 0 Å². The van der Waals surface area contributed by atoms with Crippen LogP contribution in [0.5, 0.6) is 5.75 Å². The molecule has 0 heterocycles. The van der Waals surface area contributed by atoms with Gasteiger partial charge in [0.15, 0.2) is 0 Å². The zero-order chi connectivity index (χ0) is 24.4. The smallest absolute Gasteiger partial charge is 0.416 e. The summed E-state index contributed by atoms with van der Waals surface area (Å²) in [5.74, 6) is 3.12. The molecule has 0 N–H and O–H groups in total. The zero-order valence-electron chi connectivity index (χ0n) is 20.9. The fourth-order valence-electron chi connectivity index (χ4n) is 6.15. The summed E-state index contributed by atoms with van der Waals surface area (Å²) in [6.07, 6.45) is 15.8. The van der Waals surface area contributed by atoms with E-state index in [0.717, 1.165) is 36.3 Å². The van der Waals surface area contributed by atoms with Gasteiger partial charge in [-0.15, -0.1) is 0 Å². The molecule has 2 aliphatic rings. The highest BCUT2D eigenvalue weighted by atomic mass is 19.4. The highest BCUT2D eigenvalue weighted by Crippen LogP contribution is 2.43. The Morgan fingerprint density at radius 3 is 1.85 bits per heavy atom. The first-order chi connectivity index (χ1) is 16.3. The van der Waals surface area contributed by atoms with Crippen LogP contribution in [0.15, 0.2) is 24.3 Å². The van der Waals surface area contributed by atoms with Gasteiger partial charge in [0, 0.05) is 6.42 Å². The van der Waals surface area contributed by atoms with E-state index in [1.165, 1.54) is 102 Å². The number of esters is 1. The van der Waals surface area contributed by atoms with Crippen molar-refractivity contribution in [3.63, 3.8) is 0 Å². The second-order valence-corrected chi connectivity index (χ2v) is 10.8. The van der Waals surface area contributed by atoms with E-state index in [9.17, 15) is 18.0 Å². The SMILES string of the molecule is CCCCCCC[C@H]1CC[C@H]([C@H]2CC[C@H](CCC(=O)Oc3ccc(C(F)(F)F)cc3)CC2)CC1. The van der Waals surface area contributed by atoms with Crippen molar-refractivity contribution in [2.24, 2.45) is 23.7 Å². The quantitative estimate of drug-likeness (QED) is 0.179. The molecule has 2 nitrogen and oxygen atoms in total. The molecule has 0 amide bonds. The first-order valence-electron chi connectivity index (χ1n) is 13.7. The van der Waals surface area contributed by atoms with E-state index in [2.05, 4.69) is 6.92 Å². The molecule has 192 valence electrons. The Bertz CT molecular complexity index is 712. The van der Waals surface area contributed by atoms with E-state index in [4.69, 9.17) is 4.74 Å². The number of hydrogen-bond acceptors (Lipinski definition) is 2. The predicted molar refractivity (Wildman–Crippen MR) is 131 cm³/mol. The molecule has 1 aromatic carbocycles. The summed E-state index contributed by atoms with van der Waals surface area (Å²) >= 11 is 0. The topological polar surface area (TPSA) is 26.3 Å². The number of unbranched alkanes of at least 4 members (excludes halogenated alkanes) is 4. The standard InChI is InChI=1S/C29H43F3O2/c1-2-3-4-5-6-7-22-8-13-24(14-9-22)25-15-10-23(11-16-25)12-21-28(33)34-27-19-17-26(18-20-27)29(30,31)32/h17-20,22-25H,2-16,21H2,1H3/t22-,23-,24-,25-. The summed E-state index contributed by atoms with van der Waals surface area (Å²) in [5.41, 5.74) is -0.736. The minimum atomic E-state index is -4.38. The molecule has 0 bridgehead atoms. The maximum atomic E-state index is 12.6. The molecule has 0 saturated heterocycles. The molecule has 0 unspecified atom stereocenters. The van der Waals surface area contributed by atoms with Crippen LogP contribution >= 0.6 is 0 Å². The largest absolute Gasteiger partial charge is 0.427 e. The van der Waals surface area contributed by atoms with Crippen molar-refractivity contribution < 1.29 is 22.7 Å². The Morgan fingerprint density at radius 2 is 1.32 bits per heavy atom. The third-order valence-electron chi connectivity index (χ3n) is 8.34. The van der Waals surface area contributed by atoms with Crippen LogP contribution < -0.4 is 4.74 Å². The molecular weight excluding hydrogens is 437 g/mol. The van der Waals surface area contributed by atoms with Gasteiger partial charge < -0.3 is 4.74 Å². The summed E-state index contributed by atoms with van der Waals surface area (Å²) in [5, 5.41) is 0. The van der Waals surface area contributed by atoms with Crippen LogP contribution in [0, 0.1) is 23.7 Å². The van der Waals surface area contributed by atoms with E-state index >= 15 is 0 Å². The summed E-state index contributed by atoms with van der Waals surface area (Å²) in [6, 6.07) is 4.33. The average Bonchev–Trinajstić information content (AvgIpc) is 2.83. The number of carbonyl (C=O) groups is 1. The van der Waals surface area contributed by atoms with E-state index in [1.54, 1.807) is 0 Å². The van der Waals surface area contributed by atoms with E-state index < -0.39 is 11.7 Å². The molecule has 0 atom stereocenters. The van der Waals surface area contributed by atoms with Gasteiger partial charge in [0.2, 0.25) is 0 Å². The molecule has 2 saturated carbocycles. The van der Waals surface area contributed by atoms with Gasteiger partial charge in [0.1, 0.15) is 5.75 Å². The number of alkyl halides is 3. The van der Waals surface area contributed by atoms with Gasteiger partial charge >= 0.3 is 12.1 Å². The molecule has 3 rings (SSSR count). The Morgan fingerprint density at radius 1 is 0.794 bits per heavy atom. The fourth-order valence-corrected chi connectivity index (χ4v) is 6.15. The number of hydrogen-bond donors (Lipinski definition) is 0. The normalized spacial score (nSPS) is 25.8. The van der Waals surface area contributed by atoms with Crippen LogP contribution in [0.2, 0.25) is 0 Å². The van der Waals surface area contributed by atoms with Crippen LogP contribution in [-0.2, 0) is 11.0 Å². The van der Waals surface area contributed by atoms with Crippen molar-refractivity contribution in [3.05, 3.63) is 29.8 Å². The first kappa shape index (κ1) is 27.1. The molecule has 1 aromatic rings. The van der Waals surface area contributed by atoms with Crippen molar-refractivity contribution in [1.29, 1.82) is 0 Å². The fraction of sp³-hybridized carbons (Fsp3) is 0.759. The minimum absolute atomic E-state index is 0.179. The second-order valence-electron chi connectivity index (χ2n) is 10.8. The molecule has 2 fully saturated rings. The maximum absolute atomic E-state index is 12.6. The molecule has 0 spiro atoms. The first-order valence-corrected chi connectivity index (χ1v) is 13.7. The molecule has 0 radical (unpaired) electrons. The summed E-state index contributed by atoms with van der Waals surface area (Å²) < 4.78 is 43.2. The lowest BCUT2D eigenvalue weighted by Gasteiger charge is -2.38. The number of carbonyl (C=O) groups excluding carboxylic acids is 1. The van der Waals surface area contributed by atoms with Gasteiger partial charge in [-0.25, -0.2) is 0 Å². The number of benzene rings is 1. The highest BCUT2D eigenvalue weighted by Gasteiger charge is 2.31. The number of halogens is 3. The highest BCUT2D eigenvalue weighted by molar-refractivity contribution is 5.72. The summed E-state index contributed by atoms with van der Waals surface area (Å²) in [4.78, 5) is 12.2. The Balaban J connectivity index is 1.28. The predicted octanol–water partition coefficient (Wildman–Crippen LogP) is 9.36. The van der Waals surface area contributed by atoms with Crippen molar-refractivity contribution in [2.75, 3.05) is 0 Å². The van der Waals surface area contributed by atoms with Gasteiger partial charge in [-0.1, -0.05) is 71.1 Å². The van der Waals surface area contributed by atoms with Crippen LogP contribution in [0.1, 0.15) is 115 Å². The van der Waals surface area contributed by atoms with Gasteiger partial charge in [-0.2, -0.15) is 13.2 Å². The third-order valence-corrected chi connectivity index (χ3v) is 8.34. The lowest BCUT2D eigenvalue weighted by atomic mass is 9.68. The van der Waals surface area contributed by atoms with Crippen LogP contribution in [0.3, 0.4) is 0 Å². The average molecular weight is 481 g/mol. The van der Waals surface area contributed by atoms with Crippen molar-refractivity contribution in [3.8, 4) is 5.75 Å². The van der Waals surface area contributed by atoms with Crippen LogP contribution in [0.4, 0.5) is 13.2 Å². The van der Waals surface area contributed by atoms with Crippen molar-refractivity contribution in [2.45, 2.75) is 116 Å². The number of rotatable bonds is 11. The van der Waals surface area contributed by atoms with Crippen LogP contribution in [0.25, 0.3) is 0 Å². The third kappa shape index (κ3) is 8.92. The molecule has 34 heavy (non-hydrogen) atoms. The summed E-state index contributed by atoms with van der Waals surface area (Å²) in [6.45, 7) is 2.27. The maximum Gasteiger partial charge on any atom is 0.416 e. The molecule has 5 heteroatoms. The Hall–Kier alpha value is -1.52. The zero-order valence-corrected chi connectivity index (χ0v) is 20.9. The molecule has 0 aromatic heterocycles. The second kappa shape index (κ2) is 13.5. The Kier molecular flexibility index (Phi) is 10.8. The van der Waals surface area contributed by atoms with E-state index in [0.29, 0.717) is 12.3 Å². The van der Waals surface area contributed by atoms with Gasteiger partial charge in [0.05, 0.1) is 5.56 Å².